The molecule has 0 unspecified atom stereocenters. The first-order valence-electron chi connectivity index (χ1n) is 24.7. The molecule has 0 fully saturated rings. The molecule has 1 N–H and O–H groups in total. The lowest BCUT2D eigenvalue weighted by molar-refractivity contribution is 0.364. The molecule has 0 saturated carbocycles. The molecule has 0 aliphatic carbocycles. The number of benzene rings is 5. The summed E-state index contributed by atoms with van der Waals surface area (Å²) in [5.74, 6) is 1.53. The van der Waals surface area contributed by atoms with Crippen LogP contribution in [0.5, 0.6) is 5.75 Å². The van der Waals surface area contributed by atoms with E-state index in [2.05, 4.69) is 160 Å². The second-order valence-corrected chi connectivity index (χ2v) is 16.4. The highest BCUT2D eigenvalue weighted by Crippen LogP contribution is 2.38. The van der Waals surface area contributed by atoms with E-state index in [9.17, 15) is 0 Å². The van der Waals surface area contributed by atoms with Crippen molar-refractivity contribution in [1.29, 1.82) is 0 Å². The van der Waals surface area contributed by atoms with Crippen molar-refractivity contribution in [3.8, 4) is 28.0 Å². The minimum absolute atomic E-state index is 0.481. The maximum atomic E-state index is 6.23. The monoisotopic (exact) mass is 947 g/mol. The minimum Gasteiger partial charge on any atom is -0.489 e. The summed E-state index contributed by atoms with van der Waals surface area (Å²) in [7, 11) is 1.99. The third-order valence-electron chi connectivity index (χ3n) is 10.6. The van der Waals surface area contributed by atoms with Gasteiger partial charge in [0.05, 0.1) is 19.5 Å². The smallest absolute Gasteiger partial charge is 0.149 e. The van der Waals surface area contributed by atoms with E-state index < -0.39 is 0 Å². The van der Waals surface area contributed by atoms with Crippen molar-refractivity contribution < 1.29 is 9.15 Å². The number of hydrogen-bond acceptors (Lipinski definition) is 5. The fourth-order valence-electron chi connectivity index (χ4n) is 7.34. The van der Waals surface area contributed by atoms with Crippen molar-refractivity contribution >= 4 is 34.9 Å². The van der Waals surface area contributed by atoms with Gasteiger partial charge in [-0.1, -0.05) is 192 Å². The molecule has 1 aromatic heterocycles. The molecule has 6 heteroatoms. The van der Waals surface area contributed by atoms with Gasteiger partial charge in [-0.15, -0.1) is 0 Å². The zero-order valence-corrected chi connectivity index (χ0v) is 44.2. The second kappa shape index (κ2) is 33.1. The molecule has 6 aromatic rings. The van der Waals surface area contributed by atoms with Gasteiger partial charge in [0.1, 0.15) is 23.8 Å². The van der Waals surface area contributed by atoms with Gasteiger partial charge in [0.25, 0.3) is 0 Å². The van der Waals surface area contributed by atoms with Crippen LogP contribution in [-0.2, 0) is 13.0 Å². The molecular formula is C65H78N4O2. The van der Waals surface area contributed by atoms with Crippen LogP contribution in [0.2, 0.25) is 0 Å². The molecule has 0 atom stereocenters. The number of ether oxygens (including phenoxy) is 1. The lowest BCUT2D eigenvalue weighted by Gasteiger charge is -2.29. The molecule has 0 aliphatic rings. The zero-order chi connectivity index (χ0) is 51.8. The van der Waals surface area contributed by atoms with Crippen LogP contribution in [0.25, 0.3) is 33.2 Å². The van der Waals surface area contributed by atoms with Gasteiger partial charge in [0.15, 0.2) is 0 Å². The highest BCUT2D eigenvalue weighted by Gasteiger charge is 2.18. The summed E-state index contributed by atoms with van der Waals surface area (Å²) >= 11 is 0. The average molecular weight is 947 g/mol. The Hall–Kier alpha value is -7.54. The topological polar surface area (TPSA) is 62.4 Å². The van der Waals surface area contributed by atoms with Crippen molar-refractivity contribution in [2.45, 2.75) is 81.7 Å². The van der Waals surface area contributed by atoms with Crippen molar-refractivity contribution in [2.24, 2.45) is 9.98 Å². The Balaban J connectivity index is 0.000000530. The first-order valence-corrected chi connectivity index (χ1v) is 24.7. The fourth-order valence-corrected chi connectivity index (χ4v) is 7.34. The largest absolute Gasteiger partial charge is 0.489 e. The third-order valence-corrected chi connectivity index (χ3v) is 10.6. The molecule has 0 saturated heterocycles. The first-order chi connectivity index (χ1) is 34.6. The van der Waals surface area contributed by atoms with Gasteiger partial charge in [-0.2, -0.15) is 0 Å². The van der Waals surface area contributed by atoms with Gasteiger partial charge in [0.2, 0.25) is 0 Å². The number of nitrogens with one attached hydrogen (secondary N) is 1. The van der Waals surface area contributed by atoms with Crippen LogP contribution in [0.1, 0.15) is 77.1 Å². The first kappa shape index (κ1) is 57.8. The number of hydrogen-bond donors (Lipinski definition) is 1. The van der Waals surface area contributed by atoms with Gasteiger partial charge in [-0.25, -0.2) is 4.99 Å². The van der Waals surface area contributed by atoms with Crippen molar-refractivity contribution in [2.75, 3.05) is 25.2 Å². The number of allylic oxidation sites excluding steroid dienone is 8. The summed E-state index contributed by atoms with van der Waals surface area (Å²) in [5, 5.41) is 4.51. The van der Waals surface area contributed by atoms with E-state index in [0.717, 1.165) is 79.0 Å². The van der Waals surface area contributed by atoms with E-state index in [1.807, 2.05) is 126 Å². The van der Waals surface area contributed by atoms with Crippen LogP contribution < -0.4 is 15.0 Å². The quantitative estimate of drug-likeness (QED) is 0.0325. The van der Waals surface area contributed by atoms with Crippen LogP contribution in [-0.4, -0.2) is 32.9 Å². The Kier molecular flexibility index (Phi) is 26.9. The Morgan fingerprint density at radius 3 is 2.10 bits per heavy atom. The standard InChI is InChI=1S/C46H48N2O2.C14H16N2.C3H8.C2H6/c1-7-8-20-39-32-38(41-21-13-14-24-45(41)49-29-15-9-11-18-34(2)3)26-28-44(39)48(33-47-6)43-27-25-37(31-36(43)5)42-23-17-22-40-35(4)19-12-10-16-30-50-46(40)42;1-4-8-12(2)14(15-3)16-11-13-9-6-5-7-10-13;1-3-2;1-2/h7-19,21-28,30-32,47H,2,20,29,33H2,1,3-6H3;4-10H,1,3,11H2,2H3;3H2,1-2H3;1-2H3/b8-7-,12-10?,15-9-,18-11-,30-16?,35-19?;12-8+,16-14?;;. The highest BCUT2D eigenvalue weighted by molar-refractivity contribution is 6.00. The summed E-state index contributed by atoms with van der Waals surface area (Å²) in [6.45, 7) is 31.4. The number of rotatable bonds is 17. The number of aliphatic imine (C=N–C) groups is 2. The number of amidine groups is 1. The highest BCUT2D eigenvalue weighted by atomic mass is 16.5. The Morgan fingerprint density at radius 1 is 0.761 bits per heavy atom. The lowest BCUT2D eigenvalue weighted by atomic mass is 9.97. The van der Waals surface area contributed by atoms with Crippen molar-refractivity contribution in [3.63, 3.8) is 0 Å². The zero-order valence-electron chi connectivity index (χ0n) is 44.2. The van der Waals surface area contributed by atoms with Crippen LogP contribution in [0, 0.1) is 13.8 Å². The lowest BCUT2D eigenvalue weighted by Crippen LogP contribution is -2.29. The van der Waals surface area contributed by atoms with Crippen LogP contribution >= 0.6 is 0 Å². The predicted octanol–water partition coefficient (Wildman–Crippen LogP) is 17.9. The van der Waals surface area contributed by atoms with E-state index >= 15 is 0 Å². The number of para-hydroxylation sites is 2. The Morgan fingerprint density at radius 2 is 1.42 bits per heavy atom. The molecule has 0 aliphatic heterocycles. The second-order valence-electron chi connectivity index (χ2n) is 16.4. The molecule has 71 heavy (non-hydrogen) atoms. The molecule has 0 spiro atoms. The van der Waals surface area contributed by atoms with E-state index in [-0.39, 0.29) is 0 Å². The Labute approximate surface area is 427 Å². The third kappa shape index (κ3) is 18.7. The van der Waals surface area contributed by atoms with E-state index in [0.29, 0.717) is 25.7 Å². The normalized spacial score (nSPS) is 11.2. The molecule has 0 bridgehead atoms. The molecule has 0 amide bonds. The molecule has 1 heterocycles. The van der Waals surface area contributed by atoms with Crippen LogP contribution in [0.15, 0.2) is 227 Å². The van der Waals surface area contributed by atoms with Gasteiger partial charge >= 0.3 is 0 Å². The van der Waals surface area contributed by atoms with Gasteiger partial charge < -0.3 is 19.4 Å². The number of nitrogens with zero attached hydrogens (tertiary/aromatic N) is 3. The van der Waals surface area contributed by atoms with Crippen molar-refractivity contribution in [1.82, 2.24) is 5.32 Å². The minimum atomic E-state index is 0.481. The van der Waals surface area contributed by atoms with E-state index in [1.165, 1.54) is 17.5 Å². The summed E-state index contributed by atoms with van der Waals surface area (Å²) in [6.07, 6.45) is 19.7. The number of aryl methyl sites for hydroxylation is 2. The van der Waals surface area contributed by atoms with Gasteiger partial charge in [0, 0.05) is 27.9 Å². The molecule has 6 rings (SSSR count). The SMILES string of the molecule is C=C(C)/C=C\C=C/COc1ccccc1-c1ccc(N(CNC)c2ccc(-c3cccc4c(C)cccccoc34)cc2C)c(C/C=C\C)c1.C=C/C=C(\C)C(N=C)=NCc1ccccc1.CC.CCC. The molecule has 5 aromatic carbocycles. The maximum absolute atomic E-state index is 6.23. The van der Waals surface area contributed by atoms with Crippen LogP contribution in [0.4, 0.5) is 11.4 Å². The fraction of sp³-hybridized carbons (Fsp3) is 0.231. The van der Waals surface area contributed by atoms with Gasteiger partial charge in [-0.05, 0) is 136 Å². The molecule has 370 valence electrons. The summed E-state index contributed by atoms with van der Waals surface area (Å²) in [4.78, 5) is 10.7. The van der Waals surface area contributed by atoms with Crippen LogP contribution in [0.3, 0.4) is 0 Å². The Bertz CT molecular complexity index is 2800. The van der Waals surface area contributed by atoms with E-state index in [4.69, 9.17) is 9.15 Å². The van der Waals surface area contributed by atoms with Crippen molar-refractivity contribution in [3.05, 3.63) is 235 Å². The molecular weight excluding hydrogens is 869 g/mol. The average Bonchev–Trinajstić information content (AvgIpc) is 3.48. The van der Waals surface area contributed by atoms with E-state index in [1.54, 1.807) is 12.3 Å². The summed E-state index contributed by atoms with van der Waals surface area (Å²) < 4.78 is 12.5. The summed E-state index contributed by atoms with van der Waals surface area (Å²) in [6, 6.07) is 46.2. The number of fused-ring (bicyclic) bond motifs is 1. The van der Waals surface area contributed by atoms with Gasteiger partial charge in [-0.3, -0.25) is 4.99 Å². The molecule has 6 nitrogen and oxygen atoms in total. The number of anilines is 2. The maximum Gasteiger partial charge on any atom is 0.149 e. The summed E-state index contributed by atoms with van der Waals surface area (Å²) in [5.41, 5.74) is 14.3. The molecule has 0 radical (unpaired) electrons. The predicted molar refractivity (Wildman–Crippen MR) is 312 cm³/mol.